The first-order valence-corrected chi connectivity index (χ1v) is 5.28. The highest BCUT2D eigenvalue weighted by atomic mass is 16.6. The van der Waals surface area contributed by atoms with Crippen LogP contribution in [0.2, 0.25) is 0 Å². The van der Waals surface area contributed by atoms with E-state index in [4.69, 9.17) is 15.2 Å². The fraction of sp³-hybridized carbons (Fsp3) is 0.909. The van der Waals surface area contributed by atoms with Crippen LogP contribution in [0, 0.1) is 5.92 Å². The minimum absolute atomic E-state index is 0.215. The van der Waals surface area contributed by atoms with Crippen LogP contribution in [-0.2, 0) is 14.3 Å². The molecule has 0 aliphatic carbocycles. The first-order valence-electron chi connectivity index (χ1n) is 5.28. The molecule has 0 aromatic rings. The van der Waals surface area contributed by atoms with Crippen LogP contribution in [0.4, 0.5) is 0 Å². The van der Waals surface area contributed by atoms with Crippen LogP contribution in [0.25, 0.3) is 0 Å². The van der Waals surface area contributed by atoms with Gasteiger partial charge in [-0.2, -0.15) is 0 Å². The molecule has 0 aromatic heterocycles. The summed E-state index contributed by atoms with van der Waals surface area (Å²) in [7, 11) is 0. The zero-order valence-electron chi connectivity index (χ0n) is 10.4. The highest BCUT2D eigenvalue weighted by molar-refractivity contribution is 5.76. The molecule has 1 atom stereocenters. The Kier molecular flexibility index (Phi) is 5.83. The number of ether oxygens (including phenoxy) is 2. The zero-order valence-corrected chi connectivity index (χ0v) is 10.4. The maximum Gasteiger partial charge on any atom is 0.325 e. The van der Waals surface area contributed by atoms with Crippen molar-refractivity contribution in [2.45, 2.75) is 46.3 Å². The Balaban J connectivity index is 3.80. The van der Waals surface area contributed by atoms with E-state index in [1.807, 2.05) is 34.6 Å². The van der Waals surface area contributed by atoms with Crippen molar-refractivity contribution in [1.82, 2.24) is 0 Å². The van der Waals surface area contributed by atoms with E-state index in [0.29, 0.717) is 12.5 Å². The van der Waals surface area contributed by atoms with Crippen LogP contribution in [0.5, 0.6) is 0 Å². The van der Waals surface area contributed by atoms with Gasteiger partial charge in [0.05, 0.1) is 6.61 Å². The molecule has 0 aliphatic heterocycles. The Morgan fingerprint density at radius 2 is 1.80 bits per heavy atom. The fourth-order valence-corrected chi connectivity index (χ4v) is 0.876. The lowest BCUT2D eigenvalue weighted by Gasteiger charge is -2.22. The van der Waals surface area contributed by atoms with E-state index in [1.54, 1.807) is 0 Å². The lowest BCUT2D eigenvalue weighted by molar-refractivity contribution is -0.158. The van der Waals surface area contributed by atoms with E-state index in [9.17, 15) is 4.79 Å². The predicted molar refractivity (Wildman–Crippen MR) is 59.5 cm³/mol. The summed E-state index contributed by atoms with van der Waals surface area (Å²) in [4.78, 5) is 11.4. The summed E-state index contributed by atoms with van der Waals surface area (Å²) in [5.41, 5.74) is 5.12. The van der Waals surface area contributed by atoms with Crippen LogP contribution in [0.15, 0.2) is 0 Å². The third-order valence-electron chi connectivity index (χ3n) is 1.46. The van der Waals surface area contributed by atoms with E-state index in [2.05, 4.69) is 0 Å². The first kappa shape index (κ1) is 14.4. The molecule has 15 heavy (non-hydrogen) atoms. The van der Waals surface area contributed by atoms with Gasteiger partial charge in [0, 0.05) is 6.61 Å². The molecular weight excluding hydrogens is 194 g/mol. The van der Waals surface area contributed by atoms with Crippen molar-refractivity contribution in [2.75, 3.05) is 13.2 Å². The third-order valence-corrected chi connectivity index (χ3v) is 1.46. The number of nitrogens with two attached hydrogens (primary N) is 1. The van der Waals surface area contributed by atoms with Crippen LogP contribution in [0.3, 0.4) is 0 Å². The van der Waals surface area contributed by atoms with Gasteiger partial charge in [0.15, 0.2) is 0 Å². The monoisotopic (exact) mass is 217 g/mol. The fourth-order valence-electron chi connectivity index (χ4n) is 0.876. The third kappa shape index (κ3) is 8.39. The van der Waals surface area contributed by atoms with Gasteiger partial charge in [-0.1, -0.05) is 13.8 Å². The summed E-state index contributed by atoms with van der Waals surface area (Å²) in [6, 6.07) is -0.692. The molecule has 4 heteroatoms. The minimum Gasteiger partial charge on any atom is -0.459 e. The molecule has 0 spiro atoms. The Morgan fingerprint density at radius 3 is 2.20 bits per heavy atom. The average Bonchev–Trinajstić information content (AvgIpc) is 1.99. The normalized spacial score (nSPS) is 14.1. The van der Waals surface area contributed by atoms with Gasteiger partial charge in [0.25, 0.3) is 0 Å². The number of hydrogen-bond donors (Lipinski definition) is 1. The smallest absolute Gasteiger partial charge is 0.325 e. The van der Waals surface area contributed by atoms with Gasteiger partial charge in [-0.15, -0.1) is 0 Å². The van der Waals surface area contributed by atoms with Crippen molar-refractivity contribution in [2.24, 2.45) is 11.7 Å². The summed E-state index contributed by atoms with van der Waals surface area (Å²) < 4.78 is 10.4. The van der Waals surface area contributed by atoms with Crippen molar-refractivity contribution in [3.8, 4) is 0 Å². The van der Waals surface area contributed by atoms with Crippen molar-refractivity contribution >= 4 is 5.97 Å². The van der Waals surface area contributed by atoms with E-state index >= 15 is 0 Å². The summed E-state index contributed by atoms with van der Waals surface area (Å²) >= 11 is 0. The van der Waals surface area contributed by atoms with Crippen molar-refractivity contribution < 1.29 is 14.3 Å². The lowest BCUT2D eigenvalue weighted by atomic mass is 10.2. The number of carbonyl (C=O) groups is 1. The topological polar surface area (TPSA) is 61.5 Å². The number of hydrogen-bond acceptors (Lipinski definition) is 4. The highest BCUT2D eigenvalue weighted by Gasteiger charge is 2.22. The van der Waals surface area contributed by atoms with Crippen LogP contribution in [-0.4, -0.2) is 30.8 Å². The minimum atomic E-state index is -0.692. The molecule has 0 aromatic carbocycles. The van der Waals surface area contributed by atoms with Crippen LogP contribution >= 0.6 is 0 Å². The molecule has 90 valence electrons. The second-order valence-electron chi connectivity index (χ2n) is 5.07. The van der Waals surface area contributed by atoms with Crippen molar-refractivity contribution in [3.63, 3.8) is 0 Å². The summed E-state index contributed by atoms with van der Waals surface area (Å²) in [5, 5.41) is 0. The maximum atomic E-state index is 11.4. The summed E-state index contributed by atoms with van der Waals surface area (Å²) in [6.07, 6.45) is 0. The standard InChI is InChI=1S/C11H23NO3/c1-8(2)6-14-7-9(12)10(13)15-11(3,4)5/h8-9H,6-7,12H2,1-5H3/t9-/m0/s1. The van der Waals surface area contributed by atoms with E-state index in [-0.39, 0.29) is 6.61 Å². The highest BCUT2D eigenvalue weighted by Crippen LogP contribution is 2.08. The Labute approximate surface area is 92.1 Å². The molecule has 0 bridgehead atoms. The first-order chi connectivity index (χ1) is 6.72. The van der Waals surface area contributed by atoms with Gasteiger partial charge in [0.1, 0.15) is 11.6 Å². The van der Waals surface area contributed by atoms with Gasteiger partial charge >= 0.3 is 5.97 Å². The molecule has 4 nitrogen and oxygen atoms in total. The SMILES string of the molecule is CC(C)COC[C@H](N)C(=O)OC(C)(C)C. The van der Waals surface area contributed by atoms with Gasteiger partial charge in [-0.05, 0) is 26.7 Å². The van der Waals surface area contributed by atoms with Gasteiger partial charge in [0.2, 0.25) is 0 Å². The lowest BCUT2D eigenvalue weighted by Crippen LogP contribution is -2.40. The zero-order chi connectivity index (χ0) is 12.1. The quantitative estimate of drug-likeness (QED) is 0.706. The number of carbonyl (C=O) groups excluding carboxylic acids is 1. The predicted octanol–water partition coefficient (Wildman–Crippen LogP) is 1.33. The second kappa shape index (κ2) is 6.08. The van der Waals surface area contributed by atoms with E-state index in [0.717, 1.165) is 0 Å². The summed E-state index contributed by atoms with van der Waals surface area (Å²) in [6.45, 7) is 10.3. The van der Waals surface area contributed by atoms with E-state index < -0.39 is 17.6 Å². The van der Waals surface area contributed by atoms with Crippen molar-refractivity contribution in [3.05, 3.63) is 0 Å². The molecule has 0 amide bonds. The van der Waals surface area contributed by atoms with Gasteiger partial charge in [-0.25, -0.2) is 0 Å². The molecule has 0 saturated carbocycles. The second-order valence-corrected chi connectivity index (χ2v) is 5.07. The number of rotatable bonds is 5. The number of esters is 1. The van der Waals surface area contributed by atoms with Crippen LogP contribution < -0.4 is 5.73 Å². The van der Waals surface area contributed by atoms with Crippen molar-refractivity contribution in [1.29, 1.82) is 0 Å². The Hall–Kier alpha value is -0.610. The molecule has 0 rings (SSSR count). The molecule has 0 radical (unpaired) electrons. The molecule has 2 N–H and O–H groups in total. The average molecular weight is 217 g/mol. The Bertz CT molecular complexity index is 196. The molecular formula is C11H23NO3. The molecule has 0 unspecified atom stereocenters. The van der Waals surface area contributed by atoms with Gasteiger partial charge < -0.3 is 15.2 Å². The maximum absolute atomic E-state index is 11.4. The molecule has 0 fully saturated rings. The van der Waals surface area contributed by atoms with E-state index in [1.165, 1.54) is 0 Å². The summed E-state index contributed by atoms with van der Waals surface area (Å²) in [5.74, 6) is 0.0297. The largest absolute Gasteiger partial charge is 0.459 e. The van der Waals surface area contributed by atoms with Crippen LogP contribution in [0.1, 0.15) is 34.6 Å². The molecule has 0 heterocycles. The Morgan fingerprint density at radius 1 is 1.27 bits per heavy atom. The molecule has 0 aliphatic rings. The molecule has 0 saturated heterocycles. The van der Waals surface area contributed by atoms with Gasteiger partial charge in [-0.3, -0.25) is 4.79 Å².